The Hall–Kier alpha value is -0.570. The highest BCUT2D eigenvalue weighted by Gasteiger charge is 2.09. The topological polar surface area (TPSA) is 63.3 Å². The van der Waals surface area contributed by atoms with Crippen molar-refractivity contribution in [3.8, 4) is 0 Å². The Morgan fingerprint density at radius 2 is 1.33 bits per heavy atom. The van der Waals surface area contributed by atoms with Gasteiger partial charge in [-0.15, -0.1) is 0 Å². The molecule has 0 fully saturated rings. The quantitative estimate of drug-likeness (QED) is 0.573. The van der Waals surface area contributed by atoms with E-state index in [2.05, 4.69) is 20.8 Å². The number of carbonyl (C=O) groups is 1. The number of carboxylic acids is 1. The highest BCUT2D eigenvalue weighted by molar-refractivity contribution is 5.72. The first-order valence-corrected chi connectivity index (χ1v) is 7.58. The second-order valence-corrected chi connectivity index (χ2v) is 4.85. The maximum Gasteiger partial charge on any atom is 0.320 e. The number of unbranched alkanes of at least 4 members (excludes halogenated alkanes) is 7. The molecule has 3 nitrogen and oxygen atoms in total. The predicted octanol–water partition coefficient (Wildman–Crippen LogP) is 4.35. The van der Waals surface area contributed by atoms with Crippen molar-refractivity contribution in [2.75, 3.05) is 0 Å². The largest absolute Gasteiger partial charge is 0.480 e. The van der Waals surface area contributed by atoms with Crippen LogP contribution in [0.2, 0.25) is 0 Å². The molecule has 0 aliphatic carbocycles. The lowest BCUT2D eigenvalue weighted by Crippen LogP contribution is -2.29. The van der Waals surface area contributed by atoms with Gasteiger partial charge in [-0.1, -0.05) is 78.6 Å². The van der Waals surface area contributed by atoms with Gasteiger partial charge in [-0.05, 0) is 6.42 Å². The van der Waals surface area contributed by atoms with Gasteiger partial charge in [-0.2, -0.15) is 0 Å². The maximum absolute atomic E-state index is 10.4. The standard InChI is InChI=1S/C11H23NO2.C4H10/c1-2-3-4-5-6-7-8-9-10(12)11(13)14;1-3-4-2/h10H,2-9,12H2,1H3,(H,13,14);3-4H2,1-2H3. The van der Waals surface area contributed by atoms with Crippen LogP contribution in [-0.2, 0) is 4.79 Å². The molecule has 1 atom stereocenters. The number of rotatable bonds is 10. The lowest BCUT2D eigenvalue weighted by molar-refractivity contribution is -0.138. The Morgan fingerprint density at radius 3 is 1.72 bits per heavy atom. The van der Waals surface area contributed by atoms with Crippen molar-refractivity contribution in [2.45, 2.75) is 91.0 Å². The molecule has 3 N–H and O–H groups in total. The minimum atomic E-state index is -0.879. The third-order valence-corrected chi connectivity index (χ3v) is 2.94. The van der Waals surface area contributed by atoms with E-state index in [1.807, 2.05) is 0 Å². The van der Waals surface area contributed by atoms with Crippen LogP contribution in [0.25, 0.3) is 0 Å². The molecule has 18 heavy (non-hydrogen) atoms. The van der Waals surface area contributed by atoms with E-state index in [1.54, 1.807) is 0 Å². The maximum atomic E-state index is 10.4. The molecule has 0 heterocycles. The summed E-state index contributed by atoms with van der Waals surface area (Å²) in [5.41, 5.74) is 5.38. The van der Waals surface area contributed by atoms with Crippen LogP contribution in [0.4, 0.5) is 0 Å². The van der Waals surface area contributed by atoms with Gasteiger partial charge in [0.05, 0.1) is 0 Å². The Labute approximate surface area is 113 Å². The summed E-state index contributed by atoms with van der Waals surface area (Å²) in [6.07, 6.45) is 11.7. The van der Waals surface area contributed by atoms with Crippen molar-refractivity contribution in [3.63, 3.8) is 0 Å². The molecule has 0 aliphatic rings. The van der Waals surface area contributed by atoms with Gasteiger partial charge in [0.25, 0.3) is 0 Å². The van der Waals surface area contributed by atoms with Crippen molar-refractivity contribution in [1.29, 1.82) is 0 Å². The zero-order chi connectivity index (χ0) is 14.2. The van der Waals surface area contributed by atoms with Crippen molar-refractivity contribution in [2.24, 2.45) is 5.73 Å². The van der Waals surface area contributed by atoms with Crippen LogP contribution in [-0.4, -0.2) is 17.1 Å². The molecule has 0 radical (unpaired) electrons. The van der Waals surface area contributed by atoms with Crippen LogP contribution in [0.5, 0.6) is 0 Å². The van der Waals surface area contributed by atoms with Gasteiger partial charge in [0, 0.05) is 0 Å². The lowest BCUT2D eigenvalue weighted by atomic mass is 10.1. The fraction of sp³-hybridized carbons (Fsp3) is 0.933. The molecule has 0 spiro atoms. The predicted molar refractivity (Wildman–Crippen MR) is 78.8 cm³/mol. The SMILES string of the molecule is CCCC.CCCCCCCCCC(N)C(=O)O. The number of hydrogen-bond donors (Lipinski definition) is 2. The molecule has 0 aliphatic heterocycles. The van der Waals surface area contributed by atoms with Gasteiger partial charge in [0.1, 0.15) is 6.04 Å². The van der Waals surface area contributed by atoms with E-state index in [0.717, 1.165) is 12.8 Å². The van der Waals surface area contributed by atoms with E-state index in [-0.39, 0.29) is 0 Å². The first kappa shape index (κ1) is 19.8. The fourth-order valence-electron chi connectivity index (χ4n) is 1.44. The molecule has 0 aromatic rings. The van der Waals surface area contributed by atoms with Crippen LogP contribution >= 0.6 is 0 Å². The van der Waals surface area contributed by atoms with Gasteiger partial charge in [-0.25, -0.2) is 0 Å². The van der Waals surface area contributed by atoms with Crippen LogP contribution in [0.3, 0.4) is 0 Å². The second-order valence-electron chi connectivity index (χ2n) is 4.85. The summed E-state index contributed by atoms with van der Waals surface area (Å²) in [6, 6.07) is -0.661. The monoisotopic (exact) mass is 259 g/mol. The van der Waals surface area contributed by atoms with Crippen LogP contribution in [0.15, 0.2) is 0 Å². The van der Waals surface area contributed by atoms with Gasteiger partial charge >= 0.3 is 5.97 Å². The fourth-order valence-corrected chi connectivity index (χ4v) is 1.44. The molecule has 0 aromatic carbocycles. The average molecular weight is 259 g/mol. The summed E-state index contributed by atoms with van der Waals surface area (Å²) in [5, 5.41) is 8.53. The summed E-state index contributed by atoms with van der Waals surface area (Å²) >= 11 is 0. The van der Waals surface area contributed by atoms with Gasteiger partial charge in [0.15, 0.2) is 0 Å². The molecule has 0 saturated heterocycles. The summed E-state index contributed by atoms with van der Waals surface area (Å²) in [7, 11) is 0. The van der Waals surface area contributed by atoms with E-state index < -0.39 is 12.0 Å². The first-order valence-electron chi connectivity index (χ1n) is 7.58. The summed E-state index contributed by atoms with van der Waals surface area (Å²) < 4.78 is 0. The highest BCUT2D eigenvalue weighted by Crippen LogP contribution is 2.09. The lowest BCUT2D eigenvalue weighted by Gasteiger charge is -2.05. The van der Waals surface area contributed by atoms with Crippen molar-refractivity contribution < 1.29 is 9.90 Å². The van der Waals surface area contributed by atoms with Crippen LogP contribution < -0.4 is 5.73 Å². The first-order chi connectivity index (χ1) is 8.59. The molecule has 0 rings (SSSR count). The van der Waals surface area contributed by atoms with E-state index in [0.29, 0.717) is 6.42 Å². The van der Waals surface area contributed by atoms with Crippen LogP contribution in [0.1, 0.15) is 85.0 Å². The molecule has 110 valence electrons. The Bertz CT molecular complexity index is 170. The normalized spacial score (nSPS) is 11.6. The highest BCUT2D eigenvalue weighted by atomic mass is 16.4. The van der Waals surface area contributed by atoms with Gasteiger partial charge in [0.2, 0.25) is 0 Å². The third kappa shape index (κ3) is 17.8. The second kappa shape index (κ2) is 16.4. The summed E-state index contributed by atoms with van der Waals surface area (Å²) in [4.78, 5) is 10.4. The van der Waals surface area contributed by atoms with Crippen molar-refractivity contribution in [3.05, 3.63) is 0 Å². The van der Waals surface area contributed by atoms with E-state index in [9.17, 15) is 4.79 Å². The zero-order valence-corrected chi connectivity index (χ0v) is 12.6. The third-order valence-electron chi connectivity index (χ3n) is 2.94. The van der Waals surface area contributed by atoms with Crippen LogP contribution in [0, 0.1) is 0 Å². The van der Waals surface area contributed by atoms with Crippen molar-refractivity contribution in [1.82, 2.24) is 0 Å². The van der Waals surface area contributed by atoms with Gasteiger partial charge < -0.3 is 10.8 Å². The minimum Gasteiger partial charge on any atom is -0.480 e. The Balaban J connectivity index is 0. The molecule has 0 aromatic heterocycles. The number of nitrogens with two attached hydrogens (primary N) is 1. The molecule has 0 saturated carbocycles. The summed E-state index contributed by atoms with van der Waals surface area (Å²) in [5.74, 6) is -0.879. The van der Waals surface area contributed by atoms with Gasteiger partial charge in [-0.3, -0.25) is 4.79 Å². The Kier molecular flexibility index (Phi) is 18.0. The average Bonchev–Trinajstić information content (AvgIpc) is 2.37. The molecule has 1 unspecified atom stereocenters. The summed E-state index contributed by atoms with van der Waals surface area (Å²) in [6.45, 7) is 6.56. The molecular formula is C15H33NO2. The number of aliphatic carboxylic acids is 1. The smallest absolute Gasteiger partial charge is 0.320 e. The minimum absolute atomic E-state index is 0.614. The van der Waals surface area contributed by atoms with Crippen molar-refractivity contribution >= 4 is 5.97 Å². The van der Waals surface area contributed by atoms with E-state index in [1.165, 1.54) is 44.9 Å². The molecule has 0 bridgehead atoms. The molecule has 3 heteroatoms. The molecule has 0 amide bonds. The van der Waals surface area contributed by atoms with E-state index >= 15 is 0 Å². The number of hydrogen-bond acceptors (Lipinski definition) is 2. The van der Waals surface area contributed by atoms with E-state index in [4.69, 9.17) is 10.8 Å². The molecular weight excluding hydrogens is 226 g/mol. The number of carboxylic acid groups (broad SMARTS) is 1. The Morgan fingerprint density at radius 1 is 0.889 bits per heavy atom. The zero-order valence-electron chi connectivity index (χ0n) is 12.6.